The average molecular weight is 290 g/mol. The number of aryl methyl sites for hydroxylation is 1. The van der Waals surface area contributed by atoms with E-state index in [4.69, 9.17) is 14.3 Å². The van der Waals surface area contributed by atoms with E-state index in [-0.39, 0.29) is 12.2 Å². The van der Waals surface area contributed by atoms with Crippen molar-refractivity contribution in [3.8, 4) is 5.75 Å². The molecule has 0 radical (unpaired) electrons. The van der Waals surface area contributed by atoms with E-state index < -0.39 is 0 Å². The zero-order valence-electron chi connectivity index (χ0n) is 12.4. The Labute approximate surface area is 124 Å². The maximum absolute atomic E-state index is 11.4. The maximum Gasteiger partial charge on any atom is 0.336 e. The minimum atomic E-state index is -0.332. The summed E-state index contributed by atoms with van der Waals surface area (Å²) in [7, 11) is 0. The van der Waals surface area contributed by atoms with Gasteiger partial charge < -0.3 is 14.3 Å². The van der Waals surface area contributed by atoms with Crippen molar-refractivity contribution in [1.29, 1.82) is 0 Å². The summed E-state index contributed by atoms with van der Waals surface area (Å²) < 4.78 is 10.9. The third kappa shape index (κ3) is 4.60. The summed E-state index contributed by atoms with van der Waals surface area (Å²) >= 11 is 0. The summed E-state index contributed by atoms with van der Waals surface area (Å²) in [4.78, 5) is 11.4. The zero-order chi connectivity index (χ0) is 15.1. The van der Waals surface area contributed by atoms with E-state index >= 15 is 0 Å². The molecule has 0 spiro atoms. The molecule has 0 unspecified atom stereocenters. The molecule has 4 heteroatoms. The summed E-state index contributed by atoms with van der Waals surface area (Å²) in [6, 6.07) is 7.09. The Bertz CT molecular complexity index is 630. The average Bonchev–Trinajstić information content (AvgIpc) is 2.45. The maximum atomic E-state index is 11.4. The molecule has 1 N–H and O–H groups in total. The molecular formula is C17H22O4. The Morgan fingerprint density at radius 2 is 1.86 bits per heavy atom. The van der Waals surface area contributed by atoms with Crippen LogP contribution in [0, 0.1) is 6.92 Å². The van der Waals surface area contributed by atoms with Gasteiger partial charge in [0.15, 0.2) is 0 Å². The van der Waals surface area contributed by atoms with Crippen LogP contribution in [-0.4, -0.2) is 18.3 Å². The lowest BCUT2D eigenvalue weighted by atomic mass is 10.1. The van der Waals surface area contributed by atoms with E-state index in [0.29, 0.717) is 12.2 Å². The van der Waals surface area contributed by atoms with Crippen molar-refractivity contribution in [2.24, 2.45) is 0 Å². The van der Waals surface area contributed by atoms with Crippen LogP contribution in [-0.2, 0) is 0 Å². The van der Waals surface area contributed by atoms with Crippen LogP contribution < -0.4 is 10.4 Å². The van der Waals surface area contributed by atoms with E-state index in [9.17, 15) is 4.79 Å². The smallest absolute Gasteiger partial charge is 0.336 e. The summed E-state index contributed by atoms with van der Waals surface area (Å²) in [6.07, 6.45) is 5.15. The highest BCUT2D eigenvalue weighted by molar-refractivity contribution is 5.81. The van der Waals surface area contributed by atoms with Gasteiger partial charge in [0.2, 0.25) is 0 Å². The summed E-state index contributed by atoms with van der Waals surface area (Å²) in [5, 5.41) is 9.62. The third-order valence-electron chi connectivity index (χ3n) is 3.49. The molecule has 114 valence electrons. The molecule has 0 fully saturated rings. The van der Waals surface area contributed by atoms with Crippen molar-refractivity contribution in [3.05, 3.63) is 40.2 Å². The Balaban J connectivity index is 1.87. The fraction of sp³-hybridized carbons (Fsp3) is 0.471. The molecule has 0 bridgehead atoms. The van der Waals surface area contributed by atoms with Gasteiger partial charge in [0, 0.05) is 24.1 Å². The summed E-state index contributed by atoms with van der Waals surface area (Å²) in [5.41, 5.74) is 1.15. The van der Waals surface area contributed by atoms with Crippen molar-refractivity contribution < 1.29 is 14.3 Å². The van der Waals surface area contributed by atoms with Crippen molar-refractivity contribution in [2.75, 3.05) is 13.2 Å². The molecule has 1 aromatic heterocycles. The van der Waals surface area contributed by atoms with Gasteiger partial charge in [-0.25, -0.2) is 4.79 Å². The molecule has 4 nitrogen and oxygen atoms in total. The number of aliphatic hydroxyl groups excluding tert-OH is 1. The van der Waals surface area contributed by atoms with Crippen molar-refractivity contribution in [1.82, 2.24) is 0 Å². The van der Waals surface area contributed by atoms with E-state index in [1.54, 1.807) is 6.07 Å². The van der Waals surface area contributed by atoms with Crippen LogP contribution in [0.25, 0.3) is 11.0 Å². The lowest BCUT2D eigenvalue weighted by molar-refractivity contribution is 0.278. The van der Waals surface area contributed by atoms with E-state index in [1.807, 2.05) is 19.1 Å². The first-order valence-corrected chi connectivity index (χ1v) is 7.49. The van der Waals surface area contributed by atoms with Crippen LogP contribution in [0.2, 0.25) is 0 Å². The van der Waals surface area contributed by atoms with Gasteiger partial charge in [-0.3, -0.25) is 0 Å². The standard InChI is InChI=1S/C17H22O4/c1-13-11-17(19)21-16-12-14(7-8-15(13)16)20-10-6-4-2-3-5-9-18/h7-8,11-12,18H,2-6,9-10H2,1H3. The van der Waals surface area contributed by atoms with Crippen LogP contribution in [0.5, 0.6) is 5.75 Å². The molecule has 1 heterocycles. The van der Waals surface area contributed by atoms with Gasteiger partial charge in [-0.05, 0) is 37.5 Å². The second kappa shape index (κ2) is 7.84. The van der Waals surface area contributed by atoms with Crippen molar-refractivity contribution >= 4 is 11.0 Å². The number of rotatable bonds is 8. The van der Waals surface area contributed by atoms with Crippen LogP contribution in [0.3, 0.4) is 0 Å². The van der Waals surface area contributed by atoms with E-state index in [2.05, 4.69) is 0 Å². The minimum absolute atomic E-state index is 0.276. The Hall–Kier alpha value is -1.81. The molecule has 2 rings (SSSR count). The van der Waals surface area contributed by atoms with Gasteiger partial charge >= 0.3 is 5.63 Å². The first kappa shape index (κ1) is 15.6. The molecule has 2 aromatic rings. The SMILES string of the molecule is Cc1cc(=O)oc2cc(OCCCCCCCO)ccc12. The number of benzene rings is 1. The lowest BCUT2D eigenvalue weighted by Crippen LogP contribution is -2.00. The predicted octanol–water partition coefficient (Wildman–Crippen LogP) is 3.42. The molecule has 0 aliphatic rings. The second-order valence-corrected chi connectivity index (χ2v) is 5.25. The molecule has 0 amide bonds. The van der Waals surface area contributed by atoms with Gasteiger partial charge in [-0.1, -0.05) is 19.3 Å². The summed E-state index contributed by atoms with van der Waals surface area (Å²) in [5.74, 6) is 0.728. The minimum Gasteiger partial charge on any atom is -0.493 e. The van der Waals surface area contributed by atoms with Gasteiger partial charge in [0.1, 0.15) is 11.3 Å². The van der Waals surface area contributed by atoms with Gasteiger partial charge in [-0.2, -0.15) is 0 Å². The summed E-state index contributed by atoms with van der Waals surface area (Å²) in [6.45, 7) is 2.82. The fourth-order valence-corrected chi connectivity index (χ4v) is 2.33. The number of unbranched alkanes of at least 4 members (excludes halogenated alkanes) is 4. The molecule has 0 saturated carbocycles. The van der Waals surface area contributed by atoms with Crippen LogP contribution in [0.15, 0.2) is 33.5 Å². The molecule has 0 aliphatic heterocycles. The quantitative estimate of drug-likeness (QED) is 0.598. The molecule has 0 saturated heterocycles. The van der Waals surface area contributed by atoms with E-state index in [0.717, 1.165) is 48.8 Å². The normalized spacial score (nSPS) is 11.0. The zero-order valence-corrected chi connectivity index (χ0v) is 12.4. The number of hydrogen-bond acceptors (Lipinski definition) is 4. The first-order chi connectivity index (χ1) is 10.2. The topological polar surface area (TPSA) is 59.7 Å². The number of ether oxygens (including phenoxy) is 1. The monoisotopic (exact) mass is 290 g/mol. The third-order valence-corrected chi connectivity index (χ3v) is 3.49. The Kier molecular flexibility index (Phi) is 5.81. The van der Waals surface area contributed by atoms with Gasteiger partial charge in [0.25, 0.3) is 0 Å². The van der Waals surface area contributed by atoms with Gasteiger partial charge in [-0.15, -0.1) is 0 Å². The molecule has 0 atom stereocenters. The molecule has 21 heavy (non-hydrogen) atoms. The number of fused-ring (bicyclic) bond motifs is 1. The number of aliphatic hydroxyl groups is 1. The van der Waals surface area contributed by atoms with Crippen molar-refractivity contribution in [2.45, 2.75) is 39.0 Å². The highest BCUT2D eigenvalue weighted by Crippen LogP contribution is 2.22. The first-order valence-electron chi connectivity index (χ1n) is 7.49. The lowest BCUT2D eigenvalue weighted by Gasteiger charge is -2.07. The molecule has 1 aromatic carbocycles. The molecular weight excluding hydrogens is 268 g/mol. The van der Waals surface area contributed by atoms with Crippen molar-refractivity contribution in [3.63, 3.8) is 0 Å². The Morgan fingerprint density at radius 1 is 1.10 bits per heavy atom. The molecule has 0 aliphatic carbocycles. The number of hydrogen-bond donors (Lipinski definition) is 1. The fourth-order valence-electron chi connectivity index (χ4n) is 2.33. The van der Waals surface area contributed by atoms with Gasteiger partial charge in [0.05, 0.1) is 6.61 Å². The Morgan fingerprint density at radius 3 is 2.67 bits per heavy atom. The van der Waals surface area contributed by atoms with Crippen LogP contribution >= 0.6 is 0 Å². The van der Waals surface area contributed by atoms with Crippen LogP contribution in [0.4, 0.5) is 0 Å². The largest absolute Gasteiger partial charge is 0.493 e. The second-order valence-electron chi connectivity index (χ2n) is 5.25. The van der Waals surface area contributed by atoms with E-state index in [1.165, 1.54) is 6.07 Å². The van der Waals surface area contributed by atoms with Crippen LogP contribution in [0.1, 0.15) is 37.7 Å². The highest BCUT2D eigenvalue weighted by atomic mass is 16.5. The predicted molar refractivity (Wildman–Crippen MR) is 82.9 cm³/mol. The highest BCUT2D eigenvalue weighted by Gasteiger charge is 2.04.